The molecule has 0 spiro atoms. The topological polar surface area (TPSA) is 61.7 Å². The number of rotatable bonds is 2. The number of aromatic nitrogens is 2. The van der Waals surface area contributed by atoms with E-state index >= 15 is 0 Å². The van der Waals surface area contributed by atoms with E-state index in [-0.39, 0.29) is 5.41 Å². The van der Waals surface area contributed by atoms with E-state index in [1.165, 1.54) is 0 Å². The summed E-state index contributed by atoms with van der Waals surface area (Å²) in [7, 11) is 0. The summed E-state index contributed by atoms with van der Waals surface area (Å²) in [5.74, 6) is 0.858. The summed E-state index contributed by atoms with van der Waals surface area (Å²) >= 11 is 0. The molecule has 0 saturated heterocycles. The quantitative estimate of drug-likeness (QED) is 0.873. The molecule has 4 nitrogen and oxygen atoms in total. The predicted octanol–water partition coefficient (Wildman–Crippen LogP) is 2.17. The van der Waals surface area contributed by atoms with E-state index in [0.717, 1.165) is 22.6 Å². The third-order valence-electron chi connectivity index (χ3n) is 3.56. The van der Waals surface area contributed by atoms with Gasteiger partial charge in [-0.2, -0.15) is 10.4 Å². The van der Waals surface area contributed by atoms with Crippen molar-refractivity contribution < 1.29 is 4.74 Å². The number of nitrogens with zero attached hydrogens (tertiary/aromatic N) is 2. The van der Waals surface area contributed by atoms with Crippen LogP contribution in [0, 0.1) is 11.3 Å². The molecule has 1 aromatic carbocycles. The van der Waals surface area contributed by atoms with Gasteiger partial charge in [-0.3, -0.25) is 5.10 Å². The van der Waals surface area contributed by atoms with Crippen molar-refractivity contribution >= 4 is 0 Å². The summed E-state index contributed by atoms with van der Waals surface area (Å²) in [6.45, 7) is 2.70. The van der Waals surface area contributed by atoms with Gasteiger partial charge in [-0.15, -0.1) is 0 Å². The first-order valence-corrected chi connectivity index (χ1v) is 5.87. The molecule has 2 heterocycles. The Morgan fingerprint density at radius 2 is 2.39 bits per heavy atom. The van der Waals surface area contributed by atoms with Crippen LogP contribution in [-0.2, 0) is 11.8 Å². The van der Waals surface area contributed by atoms with Crippen LogP contribution in [-0.4, -0.2) is 16.8 Å². The molecule has 90 valence electrons. The third-order valence-corrected chi connectivity index (χ3v) is 3.56. The van der Waals surface area contributed by atoms with Crippen molar-refractivity contribution in [2.75, 3.05) is 6.61 Å². The van der Waals surface area contributed by atoms with Crippen molar-refractivity contribution in [3.8, 4) is 11.8 Å². The summed E-state index contributed by atoms with van der Waals surface area (Å²) in [6.07, 6.45) is 2.12. The van der Waals surface area contributed by atoms with Crippen LogP contribution in [0.15, 0.2) is 30.5 Å². The first-order valence-electron chi connectivity index (χ1n) is 5.87. The van der Waals surface area contributed by atoms with Crippen molar-refractivity contribution in [2.24, 2.45) is 0 Å². The average Bonchev–Trinajstić information content (AvgIpc) is 3.00. The number of benzene rings is 1. The SMILES string of the molecule is CC1(c2ccn[nH]2)COc2c(CC#N)cccc21. The Hall–Kier alpha value is -2.28. The highest BCUT2D eigenvalue weighted by Gasteiger charge is 2.40. The van der Waals surface area contributed by atoms with Gasteiger partial charge >= 0.3 is 0 Å². The second kappa shape index (κ2) is 3.88. The van der Waals surface area contributed by atoms with Crippen LogP contribution in [0.4, 0.5) is 0 Å². The van der Waals surface area contributed by atoms with E-state index in [4.69, 9.17) is 10.00 Å². The molecule has 1 aromatic heterocycles. The molecule has 1 unspecified atom stereocenters. The molecule has 1 aliphatic heterocycles. The molecule has 4 heteroatoms. The van der Waals surface area contributed by atoms with Crippen LogP contribution in [0.2, 0.25) is 0 Å². The van der Waals surface area contributed by atoms with Gasteiger partial charge in [-0.1, -0.05) is 18.2 Å². The maximum absolute atomic E-state index is 8.84. The minimum Gasteiger partial charge on any atom is -0.492 e. The normalized spacial score (nSPS) is 21.1. The first-order chi connectivity index (χ1) is 8.75. The molecule has 0 bridgehead atoms. The molecule has 1 aliphatic rings. The Morgan fingerprint density at radius 3 is 3.11 bits per heavy atom. The average molecular weight is 239 g/mol. The number of fused-ring (bicyclic) bond motifs is 1. The molecular weight excluding hydrogens is 226 g/mol. The lowest BCUT2D eigenvalue weighted by atomic mass is 9.81. The lowest BCUT2D eigenvalue weighted by Gasteiger charge is -2.20. The minimum absolute atomic E-state index is 0.211. The van der Waals surface area contributed by atoms with Crippen molar-refractivity contribution in [2.45, 2.75) is 18.8 Å². The van der Waals surface area contributed by atoms with Crippen LogP contribution in [0.25, 0.3) is 0 Å². The predicted molar refractivity (Wildman–Crippen MR) is 66.3 cm³/mol. The number of nitrogens with one attached hydrogen (secondary N) is 1. The molecule has 18 heavy (non-hydrogen) atoms. The zero-order chi connectivity index (χ0) is 12.6. The second-order valence-corrected chi connectivity index (χ2v) is 4.72. The van der Waals surface area contributed by atoms with E-state index in [2.05, 4.69) is 29.3 Å². The molecule has 2 aromatic rings. The lowest BCUT2D eigenvalue weighted by Crippen LogP contribution is -2.25. The molecule has 1 atom stereocenters. The van der Waals surface area contributed by atoms with Gasteiger partial charge in [0.1, 0.15) is 12.4 Å². The van der Waals surface area contributed by atoms with Crippen LogP contribution in [0.5, 0.6) is 5.75 Å². The van der Waals surface area contributed by atoms with Crippen molar-refractivity contribution in [3.05, 3.63) is 47.3 Å². The minimum atomic E-state index is -0.211. The van der Waals surface area contributed by atoms with E-state index < -0.39 is 0 Å². The largest absolute Gasteiger partial charge is 0.492 e. The number of para-hydroxylation sites is 1. The maximum Gasteiger partial charge on any atom is 0.127 e. The summed E-state index contributed by atoms with van der Waals surface area (Å²) in [4.78, 5) is 0. The van der Waals surface area contributed by atoms with Crippen LogP contribution < -0.4 is 4.74 Å². The van der Waals surface area contributed by atoms with Gasteiger partial charge in [-0.25, -0.2) is 0 Å². The number of ether oxygens (including phenoxy) is 1. The fraction of sp³-hybridized carbons (Fsp3) is 0.286. The Morgan fingerprint density at radius 1 is 1.50 bits per heavy atom. The standard InChI is InChI=1S/C14H13N3O/c1-14(12-6-8-16-17-12)9-18-13-10(5-7-15)3-2-4-11(13)14/h2-4,6,8H,5,9H2,1H3,(H,16,17). The number of hydrogen-bond acceptors (Lipinski definition) is 3. The van der Waals surface area contributed by atoms with Crippen LogP contribution in [0.1, 0.15) is 23.7 Å². The number of nitriles is 1. The van der Waals surface area contributed by atoms with E-state index in [1.54, 1.807) is 6.20 Å². The van der Waals surface area contributed by atoms with Gasteiger partial charge in [0.25, 0.3) is 0 Å². The molecular formula is C14H13N3O. The van der Waals surface area contributed by atoms with Crippen molar-refractivity contribution in [1.82, 2.24) is 10.2 Å². The monoisotopic (exact) mass is 239 g/mol. The summed E-state index contributed by atoms with van der Waals surface area (Å²) in [5.41, 5.74) is 2.91. The number of aromatic amines is 1. The fourth-order valence-electron chi connectivity index (χ4n) is 2.49. The van der Waals surface area contributed by atoms with Gasteiger partial charge in [0, 0.05) is 23.0 Å². The Labute approximate surface area is 105 Å². The molecule has 1 N–H and O–H groups in total. The summed E-state index contributed by atoms with van der Waals surface area (Å²) in [6, 6.07) is 10.1. The fourth-order valence-corrected chi connectivity index (χ4v) is 2.49. The summed E-state index contributed by atoms with van der Waals surface area (Å²) in [5, 5.41) is 15.9. The van der Waals surface area contributed by atoms with Gasteiger partial charge < -0.3 is 4.74 Å². The zero-order valence-corrected chi connectivity index (χ0v) is 10.1. The third kappa shape index (κ3) is 1.41. The van der Waals surface area contributed by atoms with Crippen molar-refractivity contribution in [3.63, 3.8) is 0 Å². The van der Waals surface area contributed by atoms with E-state index in [1.807, 2.05) is 18.2 Å². The molecule has 0 amide bonds. The zero-order valence-electron chi connectivity index (χ0n) is 10.1. The number of hydrogen-bond donors (Lipinski definition) is 1. The van der Waals surface area contributed by atoms with Gasteiger partial charge in [0.15, 0.2) is 0 Å². The van der Waals surface area contributed by atoms with Gasteiger partial charge in [0.2, 0.25) is 0 Å². The Bertz CT molecular complexity index is 612. The van der Waals surface area contributed by atoms with Gasteiger partial charge in [0.05, 0.1) is 17.9 Å². The Kier molecular flexibility index (Phi) is 2.34. The summed E-state index contributed by atoms with van der Waals surface area (Å²) < 4.78 is 5.82. The maximum atomic E-state index is 8.84. The highest BCUT2D eigenvalue weighted by Crippen LogP contribution is 2.44. The molecule has 3 rings (SSSR count). The van der Waals surface area contributed by atoms with E-state index in [9.17, 15) is 0 Å². The Balaban J connectivity index is 2.13. The second-order valence-electron chi connectivity index (χ2n) is 4.72. The highest BCUT2D eigenvalue weighted by atomic mass is 16.5. The smallest absolute Gasteiger partial charge is 0.127 e. The molecule has 0 fully saturated rings. The van der Waals surface area contributed by atoms with Crippen LogP contribution >= 0.6 is 0 Å². The number of H-pyrrole nitrogens is 1. The lowest BCUT2D eigenvalue weighted by molar-refractivity contribution is 0.298. The van der Waals surface area contributed by atoms with E-state index in [0.29, 0.717) is 13.0 Å². The molecule has 0 saturated carbocycles. The van der Waals surface area contributed by atoms with Crippen molar-refractivity contribution in [1.29, 1.82) is 5.26 Å². The molecule has 0 radical (unpaired) electrons. The first kappa shape index (κ1) is 10.8. The van der Waals surface area contributed by atoms with Crippen LogP contribution in [0.3, 0.4) is 0 Å². The van der Waals surface area contributed by atoms with Gasteiger partial charge in [-0.05, 0) is 13.0 Å². The highest BCUT2D eigenvalue weighted by molar-refractivity contribution is 5.53. The molecule has 0 aliphatic carbocycles.